The van der Waals surface area contributed by atoms with E-state index in [4.69, 9.17) is 9.15 Å². The molecule has 3 heterocycles. The molecule has 1 unspecified atom stereocenters. The molecule has 33 heavy (non-hydrogen) atoms. The van der Waals surface area contributed by atoms with Crippen molar-refractivity contribution in [1.82, 2.24) is 19.5 Å². The summed E-state index contributed by atoms with van der Waals surface area (Å²) >= 11 is 0. The molecule has 2 amide bonds. The molecule has 2 fully saturated rings. The summed E-state index contributed by atoms with van der Waals surface area (Å²) in [4.78, 5) is 40.2. The zero-order chi connectivity index (χ0) is 23.6. The van der Waals surface area contributed by atoms with E-state index in [1.54, 1.807) is 11.8 Å². The maximum atomic E-state index is 13.2. The van der Waals surface area contributed by atoms with Crippen LogP contribution >= 0.6 is 0 Å². The third kappa shape index (κ3) is 5.06. The molecule has 0 aliphatic carbocycles. The van der Waals surface area contributed by atoms with Gasteiger partial charge in [-0.1, -0.05) is 0 Å². The van der Waals surface area contributed by atoms with Crippen molar-refractivity contribution in [2.75, 3.05) is 32.8 Å². The number of hydrogen-bond donors (Lipinski definition) is 2. The molecule has 11 nitrogen and oxygen atoms in total. The summed E-state index contributed by atoms with van der Waals surface area (Å²) < 4.78 is 37.6. The number of nitrogens with one attached hydrogen (secondary N) is 2. The molecule has 0 radical (unpaired) electrons. The van der Waals surface area contributed by atoms with E-state index in [0.717, 1.165) is 0 Å². The third-order valence-corrected chi connectivity index (χ3v) is 8.01. The highest BCUT2D eigenvalue weighted by molar-refractivity contribution is 7.89. The third-order valence-electron chi connectivity index (χ3n) is 6.15. The van der Waals surface area contributed by atoms with E-state index in [-0.39, 0.29) is 35.1 Å². The molecule has 4 rings (SSSR count). The summed E-state index contributed by atoms with van der Waals surface area (Å²) in [6, 6.07) is 4.17. The first kappa shape index (κ1) is 23.3. The second-order valence-corrected chi connectivity index (χ2v) is 10.3. The number of carbonyl (C=O) groups excluding carboxylic acids is 2. The van der Waals surface area contributed by atoms with Crippen LogP contribution in [0.1, 0.15) is 32.6 Å². The maximum Gasteiger partial charge on any atom is 0.417 e. The predicted molar refractivity (Wildman–Crippen MR) is 118 cm³/mol. The van der Waals surface area contributed by atoms with E-state index < -0.39 is 21.7 Å². The predicted octanol–water partition coefficient (Wildman–Crippen LogP) is 1.26. The van der Waals surface area contributed by atoms with Crippen LogP contribution in [0.5, 0.6) is 0 Å². The van der Waals surface area contributed by atoms with Gasteiger partial charge in [-0.2, -0.15) is 4.31 Å². The normalized spacial score (nSPS) is 20.6. The van der Waals surface area contributed by atoms with Gasteiger partial charge >= 0.3 is 11.8 Å². The van der Waals surface area contributed by atoms with E-state index in [1.165, 1.54) is 22.5 Å². The molecule has 2 aromatic rings. The molecule has 12 heteroatoms. The Kier molecular flexibility index (Phi) is 6.75. The molecule has 0 bridgehead atoms. The van der Waals surface area contributed by atoms with Crippen LogP contribution in [0.25, 0.3) is 11.1 Å². The number of aromatic nitrogens is 1. The number of H-pyrrole nitrogens is 1. The Hall–Kier alpha value is -2.86. The lowest BCUT2D eigenvalue weighted by Gasteiger charge is -2.34. The fourth-order valence-corrected chi connectivity index (χ4v) is 5.89. The minimum absolute atomic E-state index is 0.0187. The van der Waals surface area contributed by atoms with Gasteiger partial charge in [0.1, 0.15) is 0 Å². The molecule has 1 atom stereocenters. The molecular weight excluding hydrogens is 452 g/mol. The van der Waals surface area contributed by atoms with Crippen molar-refractivity contribution in [3.05, 3.63) is 28.7 Å². The van der Waals surface area contributed by atoms with Crippen LogP contribution in [0.4, 0.5) is 4.79 Å². The lowest BCUT2D eigenvalue weighted by molar-refractivity contribution is -0.127. The molecular formula is C21H28N4O7S. The standard InChI is InChI=1S/C21H28N4O7S/c1-2-31-21(28)24-10-7-15(8-11-24)22-19(26)14-4-3-9-25(13-14)33(29,30)16-5-6-17-18(12-16)32-20(27)23-17/h5-6,12,14-15H,2-4,7-11,13H2,1H3,(H,22,26)(H,23,27). The zero-order valence-corrected chi connectivity index (χ0v) is 19.2. The van der Waals surface area contributed by atoms with Crippen LogP contribution in [0.15, 0.2) is 32.3 Å². The zero-order valence-electron chi connectivity index (χ0n) is 18.4. The van der Waals surface area contributed by atoms with Gasteiger partial charge in [0.2, 0.25) is 15.9 Å². The largest absolute Gasteiger partial charge is 0.450 e. The average molecular weight is 481 g/mol. The number of hydrogen-bond acceptors (Lipinski definition) is 7. The SMILES string of the molecule is CCOC(=O)N1CCC(NC(=O)C2CCCN(S(=O)(=O)c3ccc4[nH]c(=O)oc4c3)C2)CC1. The van der Waals surface area contributed by atoms with Gasteiger partial charge in [0.05, 0.1) is 22.9 Å². The van der Waals surface area contributed by atoms with E-state index in [1.807, 2.05) is 0 Å². The highest BCUT2D eigenvalue weighted by atomic mass is 32.2. The smallest absolute Gasteiger partial charge is 0.417 e. The van der Waals surface area contributed by atoms with Crippen molar-refractivity contribution in [3.63, 3.8) is 0 Å². The molecule has 0 spiro atoms. The second kappa shape index (κ2) is 9.56. The number of aromatic amines is 1. The fourth-order valence-electron chi connectivity index (χ4n) is 4.35. The number of amides is 2. The van der Waals surface area contributed by atoms with Crippen molar-refractivity contribution in [2.24, 2.45) is 5.92 Å². The number of fused-ring (bicyclic) bond motifs is 1. The highest BCUT2D eigenvalue weighted by Gasteiger charge is 2.35. The van der Waals surface area contributed by atoms with Gasteiger partial charge in [-0.25, -0.2) is 18.0 Å². The Morgan fingerprint density at radius 1 is 1.21 bits per heavy atom. The Bertz CT molecular complexity index is 1180. The molecule has 2 saturated heterocycles. The number of benzene rings is 1. The lowest BCUT2D eigenvalue weighted by atomic mass is 9.97. The van der Waals surface area contributed by atoms with Gasteiger partial charge in [-0.3, -0.25) is 9.78 Å². The minimum atomic E-state index is -3.85. The summed E-state index contributed by atoms with van der Waals surface area (Å²) in [5.41, 5.74) is 0.588. The van der Waals surface area contributed by atoms with E-state index in [2.05, 4.69) is 10.3 Å². The molecule has 1 aromatic carbocycles. The molecule has 180 valence electrons. The van der Waals surface area contributed by atoms with E-state index in [9.17, 15) is 22.8 Å². The molecule has 0 saturated carbocycles. The summed E-state index contributed by atoms with van der Waals surface area (Å²) in [7, 11) is -3.85. The number of oxazole rings is 1. The van der Waals surface area contributed by atoms with Gasteiger partial charge in [-0.15, -0.1) is 0 Å². The fraction of sp³-hybridized carbons (Fsp3) is 0.571. The monoisotopic (exact) mass is 480 g/mol. The first-order valence-corrected chi connectivity index (χ1v) is 12.6. The number of nitrogens with zero attached hydrogens (tertiary/aromatic N) is 2. The number of likely N-dealkylation sites (tertiary alicyclic amines) is 1. The van der Waals surface area contributed by atoms with Gasteiger partial charge < -0.3 is 19.4 Å². The number of ether oxygens (including phenoxy) is 1. The Morgan fingerprint density at radius 3 is 2.70 bits per heavy atom. The summed E-state index contributed by atoms with van der Waals surface area (Å²) in [6.07, 6.45) is 2.08. The van der Waals surface area contributed by atoms with Crippen molar-refractivity contribution in [2.45, 2.75) is 43.5 Å². The molecule has 2 N–H and O–H groups in total. The topological polar surface area (TPSA) is 142 Å². The molecule has 2 aliphatic rings. The highest BCUT2D eigenvalue weighted by Crippen LogP contribution is 2.26. The summed E-state index contributed by atoms with van der Waals surface area (Å²) in [6.45, 7) is 3.50. The Morgan fingerprint density at radius 2 is 1.97 bits per heavy atom. The number of carbonyl (C=O) groups is 2. The van der Waals surface area contributed by atoms with Gasteiger partial charge in [0, 0.05) is 38.3 Å². The van der Waals surface area contributed by atoms with Crippen LogP contribution < -0.4 is 11.1 Å². The summed E-state index contributed by atoms with van der Waals surface area (Å²) in [5, 5.41) is 3.03. The van der Waals surface area contributed by atoms with Gasteiger partial charge in [0.15, 0.2) is 5.58 Å². The average Bonchev–Trinajstić information content (AvgIpc) is 3.19. The number of sulfonamides is 1. The first-order valence-electron chi connectivity index (χ1n) is 11.1. The van der Waals surface area contributed by atoms with Crippen molar-refractivity contribution >= 4 is 33.1 Å². The van der Waals surface area contributed by atoms with Crippen molar-refractivity contribution < 1.29 is 27.2 Å². The van der Waals surface area contributed by atoms with E-state index >= 15 is 0 Å². The quantitative estimate of drug-likeness (QED) is 0.656. The minimum Gasteiger partial charge on any atom is -0.450 e. The van der Waals surface area contributed by atoms with Crippen LogP contribution in [0.2, 0.25) is 0 Å². The molecule has 2 aliphatic heterocycles. The molecule has 1 aromatic heterocycles. The van der Waals surface area contributed by atoms with Crippen LogP contribution in [-0.2, 0) is 19.6 Å². The van der Waals surface area contributed by atoms with Crippen molar-refractivity contribution in [1.29, 1.82) is 0 Å². The van der Waals surface area contributed by atoms with Crippen LogP contribution in [-0.4, -0.2) is 73.4 Å². The number of rotatable bonds is 5. The van der Waals surface area contributed by atoms with E-state index in [0.29, 0.717) is 57.4 Å². The summed E-state index contributed by atoms with van der Waals surface area (Å²) in [5.74, 6) is -1.27. The van der Waals surface area contributed by atoms with Crippen LogP contribution in [0.3, 0.4) is 0 Å². The number of piperidine rings is 2. The lowest BCUT2D eigenvalue weighted by Crippen LogP contribution is -2.50. The van der Waals surface area contributed by atoms with Gasteiger partial charge in [0.25, 0.3) is 0 Å². The second-order valence-electron chi connectivity index (χ2n) is 8.34. The Balaban J connectivity index is 1.37. The van der Waals surface area contributed by atoms with Crippen LogP contribution in [0, 0.1) is 5.92 Å². The van der Waals surface area contributed by atoms with Gasteiger partial charge in [-0.05, 0) is 44.7 Å². The van der Waals surface area contributed by atoms with Crippen molar-refractivity contribution in [3.8, 4) is 0 Å². The first-order chi connectivity index (χ1) is 15.8. The maximum absolute atomic E-state index is 13.2. The Labute approximate surface area is 191 Å².